The molecular formula is C21H19F3O3S. The SMILES string of the molecule is CC(=O)CC(=O)OC/C(=C\c1ccc(C(F)(F)F)cc1)SCc1ccccc1. The van der Waals surface area contributed by atoms with Crippen LogP contribution in [0.5, 0.6) is 0 Å². The predicted octanol–water partition coefficient (Wildman–Crippen LogP) is 5.50. The van der Waals surface area contributed by atoms with E-state index in [1.807, 2.05) is 30.3 Å². The lowest BCUT2D eigenvalue weighted by Gasteiger charge is -2.10. The minimum atomic E-state index is -4.39. The highest BCUT2D eigenvalue weighted by Gasteiger charge is 2.29. The highest BCUT2D eigenvalue weighted by atomic mass is 32.2. The van der Waals surface area contributed by atoms with E-state index in [1.54, 1.807) is 6.08 Å². The third-order valence-corrected chi connectivity index (χ3v) is 4.69. The first-order valence-electron chi connectivity index (χ1n) is 8.43. The number of thioether (sulfide) groups is 1. The molecule has 148 valence electrons. The minimum Gasteiger partial charge on any atom is -0.460 e. The van der Waals surface area contributed by atoms with Gasteiger partial charge in [-0.05, 0) is 36.3 Å². The fraction of sp³-hybridized carbons (Fsp3) is 0.238. The first-order valence-corrected chi connectivity index (χ1v) is 9.42. The number of Topliss-reactive ketones (excluding diaryl/α,β-unsaturated/α-hetero) is 1. The number of hydrogen-bond acceptors (Lipinski definition) is 4. The Morgan fingerprint density at radius 1 is 1.04 bits per heavy atom. The summed E-state index contributed by atoms with van der Waals surface area (Å²) in [4.78, 5) is 23.3. The van der Waals surface area contributed by atoms with Crippen LogP contribution in [0.2, 0.25) is 0 Å². The Morgan fingerprint density at radius 3 is 2.25 bits per heavy atom. The van der Waals surface area contributed by atoms with Crippen LogP contribution in [-0.4, -0.2) is 18.4 Å². The number of benzene rings is 2. The summed E-state index contributed by atoms with van der Waals surface area (Å²) in [5.41, 5.74) is 0.892. The van der Waals surface area contributed by atoms with Gasteiger partial charge in [0.15, 0.2) is 0 Å². The van der Waals surface area contributed by atoms with E-state index in [0.29, 0.717) is 16.2 Å². The third kappa shape index (κ3) is 7.60. The molecule has 0 heterocycles. The van der Waals surface area contributed by atoms with E-state index in [0.717, 1.165) is 17.7 Å². The Morgan fingerprint density at radius 2 is 1.68 bits per heavy atom. The maximum atomic E-state index is 12.7. The molecule has 2 aromatic rings. The quantitative estimate of drug-likeness (QED) is 0.427. The van der Waals surface area contributed by atoms with E-state index in [2.05, 4.69) is 0 Å². The predicted molar refractivity (Wildman–Crippen MR) is 103 cm³/mol. The first kappa shape index (κ1) is 21.8. The van der Waals surface area contributed by atoms with Gasteiger partial charge in [0.1, 0.15) is 18.8 Å². The fourth-order valence-electron chi connectivity index (χ4n) is 2.24. The molecule has 0 aromatic heterocycles. The van der Waals surface area contributed by atoms with Crippen molar-refractivity contribution in [2.75, 3.05) is 6.61 Å². The van der Waals surface area contributed by atoms with Crippen molar-refractivity contribution >= 4 is 29.6 Å². The molecule has 0 atom stereocenters. The summed E-state index contributed by atoms with van der Waals surface area (Å²) >= 11 is 1.42. The van der Waals surface area contributed by atoms with Gasteiger partial charge in [-0.3, -0.25) is 9.59 Å². The molecular weight excluding hydrogens is 389 g/mol. The zero-order chi connectivity index (χ0) is 20.6. The molecule has 0 aliphatic heterocycles. The molecule has 0 radical (unpaired) electrons. The summed E-state index contributed by atoms with van der Waals surface area (Å²) in [6.45, 7) is 1.25. The van der Waals surface area contributed by atoms with Crippen molar-refractivity contribution in [2.24, 2.45) is 0 Å². The third-order valence-electron chi connectivity index (χ3n) is 3.60. The molecule has 0 saturated heterocycles. The summed E-state index contributed by atoms with van der Waals surface area (Å²) in [6.07, 6.45) is -3.03. The van der Waals surface area contributed by atoms with Crippen molar-refractivity contribution in [3.8, 4) is 0 Å². The van der Waals surface area contributed by atoms with Gasteiger partial charge >= 0.3 is 12.1 Å². The lowest BCUT2D eigenvalue weighted by molar-refractivity contribution is -0.144. The Balaban J connectivity index is 2.12. The minimum absolute atomic E-state index is 0.0510. The van der Waals surface area contributed by atoms with Crippen molar-refractivity contribution in [1.82, 2.24) is 0 Å². The number of hydrogen-bond donors (Lipinski definition) is 0. The molecule has 3 nitrogen and oxygen atoms in total. The smallest absolute Gasteiger partial charge is 0.416 e. The van der Waals surface area contributed by atoms with Crippen LogP contribution in [0.1, 0.15) is 30.0 Å². The van der Waals surface area contributed by atoms with Gasteiger partial charge in [-0.25, -0.2) is 0 Å². The molecule has 0 amide bonds. The topological polar surface area (TPSA) is 43.4 Å². The second kappa shape index (κ2) is 10.1. The maximum Gasteiger partial charge on any atom is 0.416 e. The van der Waals surface area contributed by atoms with Gasteiger partial charge in [-0.2, -0.15) is 13.2 Å². The van der Waals surface area contributed by atoms with Gasteiger partial charge in [0.25, 0.3) is 0 Å². The van der Waals surface area contributed by atoms with E-state index in [4.69, 9.17) is 4.74 Å². The van der Waals surface area contributed by atoms with Crippen molar-refractivity contribution in [3.63, 3.8) is 0 Å². The largest absolute Gasteiger partial charge is 0.460 e. The zero-order valence-corrected chi connectivity index (χ0v) is 16.0. The van der Waals surface area contributed by atoms with Crippen LogP contribution in [0.25, 0.3) is 6.08 Å². The number of halogens is 3. The van der Waals surface area contributed by atoms with Gasteiger partial charge < -0.3 is 4.74 Å². The molecule has 2 rings (SSSR count). The Labute approximate surface area is 165 Å². The number of ketones is 1. The normalized spacial score (nSPS) is 11.9. The second-order valence-corrected chi connectivity index (χ2v) is 7.15. The lowest BCUT2D eigenvalue weighted by Crippen LogP contribution is -2.10. The maximum absolute atomic E-state index is 12.7. The Kier molecular flexibility index (Phi) is 7.87. The Hall–Kier alpha value is -2.54. The van der Waals surface area contributed by atoms with E-state index in [-0.39, 0.29) is 18.8 Å². The highest BCUT2D eigenvalue weighted by molar-refractivity contribution is 8.02. The van der Waals surface area contributed by atoms with Gasteiger partial charge in [-0.15, -0.1) is 11.8 Å². The summed E-state index contributed by atoms with van der Waals surface area (Å²) in [6, 6.07) is 14.3. The molecule has 0 saturated carbocycles. The molecule has 0 bridgehead atoms. The number of alkyl halides is 3. The lowest BCUT2D eigenvalue weighted by atomic mass is 10.1. The summed E-state index contributed by atoms with van der Waals surface area (Å²) in [5, 5.41) is 0. The molecule has 0 unspecified atom stereocenters. The van der Waals surface area contributed by atoms with Crippen LogP contribution in [0.3, 0.4) is 0 Å². The molecule has 0 aliphatic carbocycles. The summed E-state index contributed by atoms with van der Waals surface area (Å²) in [5.74, 6) is -0.321. The van der Waals surface area contributed by atoms with Crippen molar-refractivity contribution in [2.45, 2.75) is 25.3 Å². The summed E-state index contributed by atoms with van der Waals surface area (Å²) in [7, 11) is 0. The molecule has 0 N–H and O–H groups in total. The average molecular weight is 408 g/mol. The molecule has 7 heteroatoms. The summed E-state index contributed by atoms with van der Waals surface area (Å²) < 4.78 is 43.2. The van der Waals surface area contributed by atoms with Crippen LogP contribution in [-0.2, 0) is 26.3 Å². The second-order valence-electron chi connectivity index (χ2n) is 6.04. The molecule has 0 fully saturated rings. The van der Waals surface area contributed by atoms with E-state index >= 15 is 0 Å². The zero-order valence-electron chi connectivity index (χ0n) is 15.2. The molecule has 0 aliphatic rings. The fourth-order valence-corrected chi connectivity index (χ4v) is 3.14. The van der Waals surface area contributed by atoms with Gasteiger partial charge in [0, 0.05) is 10.7 Å². The van der Waals surface area contributed by atoms with Crippen LogP contribution >= 0.6 is 11.8 Å². The molecule has 0 spiro atoms. The van der Waals surface area contributed by atoms with Crippen molar-refractivity contribution in [1.29, 1.82) is 0 Å². The highest BCUT2D eigenvalue weighted by Crippen LogP contribution is 2.30. The number of esters is 1. The van der Waals surface area contributed by atoms with Crippen LogP contribution < -0.4 is 0 Å². The standard InChI is InChI=1S/C21H19F3O3S/c1-15(25)11-20(26)27-13-19(28-14-17-5-3-2-4-6-17)12-16-7-9-18(10-8-16)21(22,23)24/h2-10,12H,11,13-14H2,1H3/b19-12+. The van der Waals surface area contributed by atoms with Crippen LogP contribution in [0, 0.1) is 0 Å². The van der Waals surface area contributed by atoms with Gasteiger partial charge in [-0.1, -0.05) is 42.5 Å². The van der Waals surface area contributed by atoms with Crippen molar-refractivity contribution in [3.05, 3.63) is 76.2 Å². The number of carbonyl (C=O) groups is 2. The van der Waals surface area contributed by atoms with Gasteiger partial charge in [0.05, 0.1) is 5.56 Å². The van der Waals surface area contributed by atoms with Crippen LogP contribution in [0.15, 0.2) is 59.5 Å². The average Bonchev–Trinajstić information content (AvgIpc) is 2.64. The van der Waals surface area contributed by atoms with E-state index in [9.17, 15) is 22.8 Å². The van der Waals surface area contributed by atoms with Crippen molar-refractivity contribution < 1.29 is 27.5 Å². The number of ether oxygens (including phenoxy) is 1. The number of carbonyl (C=O) groups excluding carboxylic acids is 2. The van der Waals surface area contributed by atoms with E-state index in [1.165, 1.54) is 30.8 Å². The van der Waals surface area contributed by atoms with Gasteiger partial charge in [0.2, 0.25) is 0 Å². The molecule has 28 heavy (non-hydrogen) atoms. The first-order chi connectivity index (χ1) is 13.2. The number of rotatable bonds is 8. The van der Waals surface area contributed by atoms with Crippen LogP contribution in [0.4, 0.5) is 13.2 Å². The monoisotopic (exact) mass is 408 g/mol. The molecule has 2 aromatic carbocycles. The van der Waals surface area contributed by atoms with E-state index < -0.39 is 17.7 Å². The Bertz CT molecular complexity index is 828.